The molecule has 0 aliphatic carbocycles. The second kappa shape index (κ2) is 10.1. The van der Waals surface area contributed by atoms with Crippen LogP contribution in [0.5, 0.6) is 0 Å². The van der Waals surface area contributed by atoms with Crippen molar-refractivity contribution in [1.29, 1.82) is 0 Å². The summed E-state index contributed by atoms with van der Waals surface area (Å²) in [6, 6.07) is 13.5. The summed E-state index contributed by atoms with van der Waals surface area (Å²) in [7, 11) is 1.92. The van der Waals surface area contributed by atoms with Gasteiger partial charge in [-0.25, -0.2) is 0 Å². The summed E-state index contributed by atoms with van der Waals surface area (Å²) in [5, 5.41) is 28.5. The van der Waals surface area contributed by atoms with Crippen molar-refractivity contribution in [2.24, 2.45) is 15.6 Å². The standard InChI is InChI=1S/C21H27N4O4/c1-5-21(2,3)20(26)29-15-14-24(4)18-10-6-16(7-11-18)22-23-17-8-12-19(13-9-17)25(27)28/h6-13,25H,5,14-15H2,1-4H3/q-1. The van der Waals surface area contributed by atoms with Crippen molar-refractivity contribution in [2.45, 2.75) is 27.2 Å². The van der Waals surface area contributed by atoms with E-state index < -0.39 is 10.6 Å². The molecular formula is C21H27N4O4-. The Labute approximate surface area is 171 Å². The Hall–Kier alpha value is -2.81. The molecule has 1 N–H and O–H groups in total. The van der Waals surface area contributed by atoms with Crippen LogP contribution in [0, 0.1) is 15.8 Å². The molecule has 0 spiro atoms. The number of azo groups is 1. The van der Waals surface area contributed by atoms with Crippen molar-refractivity contribution in [2.75, 3.05) is 25.1 Å². The summed E-state index contributed by atoms with van der Waals surface area (Å²) in [5.41, 5.74) is 1.82. The Morgan fingerprint density at radius 1 is 1.03 bits per heavy atom. The minimum Gasteiger partial charge on any atom is -0.628 e. The Morgan fingerprint density at radius 3 is 2.03 bits per heavy atom. The lowest BCUT2D eigenvalue weighted by molar-refractivity contribution is -0.715. The van der Waals surface area contributed by atoms with E-state index in [1.165, 1.54) is 12.1 Å². The fourth-order valence-electron chi connectivity index (χ4n) is 2.30. The minimum atomic E-state index is -1.22. The van der Waals surface area contributed by atoms with Gasteiger partial charge in [0, 0.05) is 24.9 Å². The van der Waals surface area contributed by atoms with Crippen LogP contribution in [0.1, 0.15) is 27.2 Å². The average molecular weight is 399 g/mol. The summed E-state index contributed by atoms with van der Waals surface area (Å²) in [6.07, 6.45) is 0.735. The molecule has 156 valence electrons. The minimum absolute atomic E-state index is 0.0975. The summed E-state index contributed by atoms with van der Waals surface area (Å²) in [4.78, 5) is 14.0. The third-order valence-corrected chi connectivity index (χ3v) is 4.77. The largest absolute Gasteiger partial charge is 0.628 e. The van der Waals surface area contributed by atoms with Gasteiger partial charge in [0.15, 0.2) is 0 Å². The van der Waals surface area contributed by atoms with Gasteiger partial charge in [-0.2, -0.15) is 10.2 Å². The predicted octanol–water partition coefficient (Wildman–Crippen LogP) is 4.03. The van der Waals surface area contributed by atoms with E-state index in [-0.39, 0.29) is 11.7 Å². The van der Waals surface area contributed by atoms with Crippen LogP contribution in [0.2, 0.25) is 0 Å². The Morgan fingerprint density at radius 2 is 1.55 bits per heavy atom. The molecule has 0 aliphatic rings. The molecular weight excluding hydrogens is 372 g/mol. The summed E-state index contributed by atoms with van der Waals surface area (Å²) >= 11 is 0. The number of quaternary nitrogens is 1. The highest BCUT2D eigenvalue weighted by Gasteiger charge is 2.26. The van der Waals surface area contributed by atoms with E-state index in [9.17, 15) is 15.2 Å². The molecule has 0 fully saturated rings. The fraction of sp³-hybridized carbons (Fsp3) is 0.381. The van der Waals surface area contributed by atoms with Crippen LogP contribution in [0.3, 0.4) is 0 Å². The van der Waals surface area contributed by atoms with Crippen LogP contribution < -0.4 is 10.1 Å². The summed E-state index contributed by atoms with van der Waals surface area (Å²) in [5.74, 6) is -0.184. The third-order valence-electron chi connectivity index (χ3n) is 4.77. The molecule has 0 aliphatic heterocycles. The van der Waals surface area contributed by atoms with Gasteiger partial charge in [0.25, 0.3) is 0 Å². The van der Waals surface area contributed by atoms with Crippen molar-refractivity contribution in [3.8, 4) is 0 Å². The fourth-order valence-corrected chi connectivity index (χ4v) is 2.30. The average Bonchev–Trinajstić information content (AvgIpc) is 2.72. The van der Waals surface area contributed by atoms with E-state index in [1.54, 1.807) is 12.1 Å². The number of nitrogens with zero attached hydrogens (tertiary/aromatic N) is 3. The van der Waals surface area contributed by atoms with Gasteiger partial charge < -0.3 is 25.3 Å². The molecule has 2 aromatic rings. The van der Waals surface area contributed by atoms with Crippen LogP contribution in [0.25, 0.3) is 0 Å². The maximum absolute atomic E-state index is 12.0. The van der Waals surface area contributed by atoms with E-state index in [0.29, 0.717) is 24.5 Å². The van der Waals surface area contributed by atoms with Gasteiger partial charge in [-0.05, 0) is 56.7 Å². The lowest BCUT2D eigenvalue weighted by atomic mass is 9.91. The van der Waals surface area contributed by atoms with Gasteiger partial charge >= 0.3 is 5.97 Å². The van der Waals surface area contributed by atoms with E-state index in [0.717, 1.165) is 12.1 Å². The number of ether oxygens (including phenoxy) is 1. The molecule has 0 atom stereocenters. The maximum Gasteiger partial charge on any atom is 0.311 e. The van der Waals surface area contributed by atoms with Gasteiger partial charge in [-0.15, -0.1) is 0 Å². The number of anilines is 1. The first-order chi connectivity index (χ1) is 13.7. The predicted molar refractivity (Wildman–Crippen MR) is 113 cm³/mol. The van der Waals surface area contributed by atoms with Gasteiger partial charge in [-0.3, -0.25) is 4.79 Å². The number of esters is 1. The highest BCUT2D eigenvalue weighted by molar-refractivity contribution is 5.75. The van der Waals surface area contributed by atoms with Crippen LogP contribution in [0.4, 0.5) is 22.7 Å². The Balaban J connectivity index is 1.88. The SMILES string of the molecule is CCC(C)(C)C(=O)OCCN(C)c1ccc(N=Nc2ccc([NH+]([O-])[O-])cc2)cc1. The number of likely N-dealkylation sites (N-methyl/N-ethyl adjacent to an activating group) is 1. The molecule has 0 unspecified atom stereocenters. The zero-order chi connectivity index (χ0) is 21.4. The molecule has 2 rings (SSSR count). The molecule has 0 saturated carbocycles. The van der Waals surface area contributed by atoms with Crippen LogP contribution in [-0.4, -0.2) is 26.2 Å². The zero-order valence-electron chi connectivity index (χ0n) is 17.2. The second-order valence-electron chi connectivity index (χ2n) is 7.35. The Bertz CT molecular complexity index is 818. The van der Waals surface area contributed by atoms with Crippen LogP contribution in [-0.2, 0) is 9.53 Å². The van der Waals surface area contributed by atoms with Gasteiger partial charge in [0.1, 0.15) is 12.3 Å². The highest BCUT2D eigenvalue weighted by atomic mass is 16.8. The van der Waals surface area contributed by atoms with E-state index in [2.05, 4.69) is 10.2 Å². The van der Waals surface area contributed by atoms with Gasteiger partial charge in [0.2, 0.25) is 0 Å². The molecule has 0 aromatic heterocycles. The first-order valence-electron chi connectivity index (χ1n) is 9.44. The molecule has 0 heterocycles. The van der Waals surface area contributed by atoms with Crippen LogP contribution >= 0.6 is 0 Å². The topological polar surface area (TPSA) is 105 Å². The van der Waals surface area contributed by atoms with Crippen molar-refractivity contribution >= 4 is 28.7 Å². The number of carbonyl (C=O) groups excluding carboxylic acids is 1. The monoisotopic (exact) mass is 399 g/mol. The molecule has 8 nitrogen and oxygen atoms in total. The quantitative estimate of drug-likeness (QED) is 0.389. The number of rotatable bonds is 9. The smallest absolute Gasteiger partial charge is 0.311 e. The third kappa shape index (κ3) is 6.63. The first kappa shape index (κ1) is 22.5. The number of carbonyl (C=O) groups is 1. The number of benzene rings is 2. The van der Waals surface area contributed by atoms with E-state index >= 15 is 0 Å². The van der Waals surface area contributed by atoms with Crippen molar-refractivity contribution in [1.82, 2.24) is 0 Å². The van der Waals surface area contributed by atoms with Crippen molar-refractivity contribution in [3.05, 3.63) is 58.9 Å². The molecule has 0 saturated heterocycles. The normalized spacial score (nSPS) is 11.8. The molecule has 29 heavy (non-hydrogen) atoms. The maximum atomic E-state index is 12.0. The number of nitrogens with one attached hydrogen (secondary N) is 1. The molecule has 2 aromatic carbocycles. The number of hydrogen-bond donors (Lipinski definition) is 1. The summed E-state index contributed by atoms with van der Waals surface area (Å²) < 4.78 is 5.37. The summed E-state index contributed by atoms with van der Waals surface area (Å²) in [6.45, 7) is 6.63. The van der Waals surface area contributed by atoms with E-state index in [1.807, 2.05) is 57.0 Å². The molecule has 0 radical (unpaired) electrons. The molecule has 8 heteroatoms. The Kier molecular flexibility index (Phi) is 7.83. The highest BCUT2D eigenvalue weighted by Crippen LogP contribution is 2.23. The van der Waals surface area contributed by atoms with Crippen LogP contribution in [0.15, 0.2) is 58.8 Å². The van der Waals surface area contributed by atoms with Gasteiger partial charge in [0.05, 0.1) is 23.3 Å². The molecule has 0 amide bonds. The second-order valence-corrected chi connectivity index (χ2v) is 7.35. The van der Waals surface area contributed by atoms with Crippen molar-refractivity contribution in [3.63, 3.8) is 0 Å². The zero-order valence-corrected chi connectivity index (χ0v) is 17.2. The lowest BCUT2D eigenvalue weighted by Gasteiger charge is -2.24. The molecule has 0 bridgehead atoms. The van der Waals surface area contributed by atoms with Gasteiger partial charge in [-0.1, -0.05) is 6.92 Å². The number of hydrogen-bond acceptors (Lipinski definition) is 7. The lowest BCUT2D eigenvalue weighted by Crippen LogP contribution is -2.96. The van der Waals surface area contributed by atoms with E-state index in [4.69, 9.17) is 4.74 Å². The first-order valence-corrected chi connectivity index (χ1v) is 9.44. The van der Waals surface area contributed by atoms with Crippen molar-refractivity contribution < 1.29 is 14.8 Å².